The number of halogens is 1. The van der Waals surface area contributed by atoms with Crippen LogP contribution in [0.2, 0.25) is 5.02 Å². The van der Waals surface area contributed by atoms with Crippen molar-refractivity contribution in [1.82, 2.24) is 4.98 Å². The zero-order valence-corrected chi connectivity index (χ0v) is 20.5. The van der Waals surface area contributed by atoms with E-state index in [4.69, 9.17) is 31.1 Å². The van der Waals surface area contributed by atoms with E-state index in [0.29, 0.717) is 22.6 Å². The van der Waals surface area contributed by atoms with Crippen LogP contribution >= 0.6 is 11.6 Å². The molecule has 1 atom stereocenters. The second-order valence-electron chi connectivity index (χ2n) is 7.54. The number of benzene rings is 2. The molecule has 184 valence electrons. The highest BCUT2D eigenvalue weighted by atomic mass is 35.5. The standard InChI is InChI=1S/C26H22ClN3O6/c1-16(35-17(2)31)25-24(27)22(12-13-29-25)30(26(33)34-3)23(32)14-18-4-8-20(9-5-18)36-21-10-6-19(15-28)7-11-21/h4-13,16H,14H2,1-3H3. The Bertz CT molecular complexity index is 1300. The molecule has 0 aliphatic heterocycles. The fraction of sp³-hybridized carbons (Fsp3) is 0.192. The molecule has 3 aromatic rings. The third kappa shape index (κ3) is 6.37. The number of nitriles is 1. The molecule has 0 saturated heterocycles. The minimum Gasteiger partial charge on any atom is -0.457 e. The van der Waals surface area contributed by atoms with Crippen LogP contribution in [0.15, 0.2) is 60.8 Å². The van der Waals surface area contributed by atoms with Crippen LogP contribution in [0.5, 0.6) is 11.5 Å². The van der Waals surface area contributed by atoms with Crippen molar-refractivity contribution < 1.29 is 28.6 Å². The van der Waals surface area contributed by atoms with Gasteiger partial charge < -0.3 is 14.2 Å². The van der Waals surface area contributed by atoms with Crippen LogP contribution in [0.4, 0.5) is 10.5 Å². The summed E-state index contributed by atoms with van der Waals surface area (Å²) < 4.78 is 15.7. The van der Waals surface area contributed by atoms with Crippen molar-refractivity contribution in [2.75, 3.05) is 12.0 Å². The van der Waals surface area contributed by atoms with Gasteiger partial charge in [-0.25, -0.2) is 9.69 Å². The fourth-order valence-electron chi connectivity index (χ4n) is 3.30. The molecule has 1 unspecified atom stereocenters. The average molecular weight is 508 g/mol. The number of carbonyl (C=O) groups is 3. The van der Waals surface area contributed by atoms with Crippen LogP contribution in [0, 0.1) is 11.3 Å². The monoisotopic (exact) mass is 507 g/mol. The number of anilines is 1. The van der Waals surface area contributed by atoms with E-state index in [2.05, 4.69) is 4.98 Å². The number of nitrogens with zero attached hydrogens (tertiary/aromatic N) is 3. The summed E-state index contributed by atoms with van der Waals surface area (Å²) in [6.45, 7) is 2.82. The Balaban J connectivity index is 1.79. The van der Waals surface area contributed by atoms with Gasteiger partial charge in [0, 0.05) is 13.1 Å². The van der Waals surface area contributed by atoms with Crippen molar-refractivity contribution in [3.05, 3.63) is 82.6 Å². The van der Waals surface area contributed by atoms with Gasteiger partial charge in [0.25, 0.3) is 0 Å². The molecule has 0 radical (unpaired) electrons. The van der Waals surface area contributed by atoms with Gasteiger partial charge in [-0.2, -0.15) is 5.26 Å². The molecular weight excluding hydrogens is 486 g/mol. The first-order valence-electron chi connectivity index (χ1n) is 10.7. The van der Waals surface area contributed by atoms with Gasteiger partial charge in [-0.05, 0) is 55.0 Å². The highest BCUT2D eigenvalue weighted by Gasteiger charge is 2.29. The van der Waals surface area contributed by atoms with Gasteiger partial charge in [0.15, 0.2) is 0 Å². The van der Waals surface area contributed by atoms with E-state index in [1.54, 1.807) is 55.5 Å². The summed E-state index contributed by atoms with van der Waals surface area (Å²) in [5.41, 5.74) is 1.38. The summed E-state index contributed by atoms with van der Waals surface area (Å²) in [5, 5.41) is 8.87. The lowest BCUT2D eigenvalue weighted by Gasteiger charge is -2.22. The summed E-state index contributed by atoms with van der Waals surface area (Å²) in [5.74, 6) is -0.0390. The minimum atomic E-state index is -0.931. The predicted octanol–water partition coefficient (Wildman–Crippen LogP) is 5.37. The van der Waals surface area contributed by atoms with Crippen molar-refractivity contribution in [2.24, 2.45) is 0 Å². The van der Waals surface area contributed by atoms with Crippen LogP contribution in [-0.2, 0) is 25.5 Å². The molecule has 0 saturated carbocycles. The zero-order valence-electron chi connectivity index (χ0n) is 19.7. The van der Waals surface area contributed by atoms with E-state index < -0.39 is 24.1 Å². The molecule has 10 heteroatoms. The van der Waals surface area contributed by atoms with Gasteiger partial charge in [-0.3, -0.25) is 14.6 Å². The third-order valence-electron chi connectivity index (χ3n) is 4.97. The Hall–Kier alpha value is -4.42. The lowest BCUT2D eigenvalue weighted by molar-refractivity contribution is -0.146. The molecule has 1 aromatic heterocycles. The van der Waals surface area contributed by atoms with Crippen molar-refractivity contribution in [3.63, 3.8) is 0 Å². The molecule has 0 N–H and O–H groups in total. The normalized spacial score (nSPS) is 11.1. The van der Waals surface area contributed by atoms with Crippen molar-refractivity contribution >= 4 is 35.3 Å². The first kappa shape index (κ1) is 26.2. The molecule has 36 heavy (non-hydrogen) atoms. The highest BCUT2D eigenvalue weighted by Crippen LogP contribution is 2.33. The maximum atomic E-state index is 13.2. The van der Waals surface area contributed by atoms with Crippen molar-refractivity contribution in [3.8, 4) is 17.6 Å². The largest absolute Gasteiger partial charge is 0.457 e. The van der Waals surface area contributed by atoms with E-state index >= 15 is 0 Å². The Morgan fingerprint density at radius 1 is 1.06 bits per heavy atom. The molecule has 0 aliphatic rings. The highest BCUT2D eigenvalue weighted by molar-refractivity contribution is 6.35. The molecule has 2 aromatic carbocycles. The number of ether oxygens (including phenoxy) is 3. The van der Waals surface area contributed by atoms with Crippen molar-refractivity contribution in [2.45, 2.75) is 26.4 Å². The molecule has 0 spiro atoms. The molecule has 3 rings (SSSR count). The number of hydrogen-bond donors (Lipinski definition) is 0. The minimum absolute atomic E-state index is 0.0174. The van der Waals surface area contributed by atoms with E-state index in [1.807, 2.05) is 6.07 Å². The topological polar surface area (TPSA) is 119 Å². The number of imide groups is 1. The molecular formula is C26H22ClN3O6. The summed E-state index contributed by atoms with van der Waals surface area (Å²) in [4.78, 5) is 42.0. The van der Waals surface area contributed by atoms with Gasteiger partial charge in [0.1, 0.15) is 23.3 Å². The summed E-state index contributed by atoms with van der Waals surface area (Å²) in [6.07, 6.45) is -0.512. The van der Waals surface area contributed by atoms with Crippen LogP contribution in [0.3, 0.4) is 0 Å². The number of carbonyl (C=O) groups excluding carboxylic acids is 3. The smallest absolute Gasteiger partial charge is 0.420 e. The Morgan fingerprint density at radius 3 is 2.22 bits per heavy atom. The molecule has 0 bridgehead atoms. The number of esters is 1. The quantitative estimate of drug-likeness (QED) is 0.392. The fourth-order valence-corrected chi connectivity index (χ4v) is 3.65. The average Bonchev–Trinajstić information content (AvgIpc) is 2.86. The van der Waals surface area contributed by atoms with Crippen LogP contribution in [0.25, 0.3) is 0 Å². The van der Waals surface area contributed by atoms with E-state index in [9.17, 15) is 14.4 Å². The summed E-state index contributed by atoms with van der Waals surface area (Å²) in [6, 6.07) is 16.8. The van der Waals surface area contributed by atoms with Gasteiger partial charge in [-0.1, -0.05) is 23.7 Å². The lowest BCUT2D eigenvalue weighted by atomic mass is 10.1. The first-order valence-corrected chi connectivity index (χ1v) is 11.1. The molecule has 2 amide bonds. The second kappa shape index (κ2) is 11.8. The Kier molecular flexibility index (Phi) is 8.60. The zero-order chi connectivity index (χ0) is 26.2. The van der Waals surface area contributed by atoms with Crippen LogP contribution in [-0.4, -0.2) is 30.1 Å². The van der Waals surface area contributed by atoms with E-state index in [0.717, 1.165) is 12.0 Å². The Labute approximate surface area is 212 Å². The number of pyridine rings is 1. The summed E-state index contributed by atoms with van der Waals surface area (Å²) >= 11 is 6.46. The van der Waals surface area contributed by atoms with Crippen LogP contribution in [0.1, 0.15) is 36.8 Å². The van der Waals surface area contributed by atoms with Gasteiger partial charge in [0.05, 0.1) is 35.9 Å². The van der Waals surface area contributed by atoms with E-state index in [1.165, 1.54) is 19.2 Å². The number of hydrogen-bond acceptors (Lipinski definition) is 8. The molecule has 0 aliphatic carbocycles. The van der Waals surface area contributed by atoms with Gasteiger partial charge in [0.2, 0.25) is 5.91 Å². The van der Waals surface area contributed by atoms with Crippen LogP contribution < -0.4 is 9.64 Å². The second-order valence-corrected chi connectivity index (χ2v) is 7.92. The van der Waals surface area contributed by atoms with E-state index in [-0.39, 0.29) is 22.8 Å². The number of methoxy groups -OCH3 is 1. The number of aromatic nitrogens is 1. The molecule has 0 fully saturated rings. The van der Waals surface area contributed by atoms with Gasteiger partial charge >= 0.3 is 12.1 Å². The maximum absolute atomic E-state index is 13.2. The SMILES string of the molecule is COC(=O)N(C(=O)Cc1ccc(Oc2ccc(C#N)cc2)cc1)c1ccnc(C(C)OC(C)=O)c1Cl. The number of amides is 2. The first-order chi connectivity index (χ1) is 17.2. The molecule has 9 nitrogen and oxygen atoms in total. The molecule has 1 heterocycles. The predicted molar refractivity (Wildman–Crippen MR) is 131 cm³/mol. The Morgan fingerprint density at radius 2 is 1.67 bits per heavy atom. The number of rotatable bonds is 7. The van der Waals surface area contributed by atoms with Gasteiger partial charge in [-0.15, -0.1) is 0 Å². The summed E-state index contributed by atoms with van der Waals surface area (Å²) in [7, 11) is 1.15. The lowest BCUT2D eigenvalue weighted by Crippen LogP contribution is -2.38. The van der Waals surface area contributed by atoms with Crippen molar-refractivity contribution in [1.29, 1.82) is 5.26 Å². The maximum Gasteiger partial charge on any atom is 0.420 e. The third-order valence-corrected chi connectivity index (χ3v) is 5.36.